The van der Waals surface area contributed by atoms with E-state index in [0.717, 1.165) is 32.3 Å². The lowest BCUT2D eigenvalue weighted by molar-refractivity contribution is -0.102. The van der Waals surface area contributed by atoms with Gasteiger partial charge in [-0.2, -0.15) is 0 Å². The highest BCUT2D eigenvalue weighted by atomic mass is 16.5. The molecule has 0 aromatic heterocycles. The van der Waals surface area contributed by atoms with Crippen LogP contribution < -0.4 is 0 Å². The zero-order valence-corrected chi connectivity index (χ0v) is 6.75. The maximum atomic E-state index is 10.0. The quantitative estimate of drug-likeness (QED) is 0.437. The van der Waals surface area contributed by atoms with Gasteiger partial charge in [0, 0.05) is 13.2 Å². The average Bonchev–Trinajstić information content (AvgIpc) is 2.03. The fourth-order valence-corrected chi connectivity index (χ4v) is 1.15. The topological polar surface area (TPSA) is 38.7 Å². The maximum absolute atomic E-state index is 10.0. The summed E-state index contributed by atoms with van der Waals surface area (Å²) in [6.07, 6.45) is 3.89. The molecule has 0 aromatic carbocycles. The van der Waals surface area contributed by atoms with Gasteiger partial charge in [0.2, 0.25) is 0 Å². The van der Waals surface area contributed by atoms with Crippen LogP contribution in [-0.2, 0) is 9.53 Å². The summed E-state index contributed by atoms with van der Waals surface area (Å²) in [7, 11) is 0. The summed E-state index contributed by atoms with van der Waals surface area (Å²) in [5, 5.41) is 0. The second kappa shape index (κ2) is 3.62. The van der Waals surface area contributed by atoms with Gasteiger partial charge in [-0.05, 0) is 19.8 Å². The molecule has 0 aromatic rings. The number of hydrogen-bond donors (Lipinski definition) is 0. The first-order chi connectivity index (χ1) is 5.27. The Bertz CT molecular complexity index is 159. The zero-order chi connectivity index (χ0) is 8.16. The molecule has 0 atom stereocenters. The number of carbonyl (C=O) groups is 1. The molecule has 0 aliphatic carbocycles. The Balaban J connectivity index is 2.49. The van der Waals surface area contributed by atoms with Crippen molar-refractivity contribution in [2.75, 3.05) is 13.2 Å². The van der Waals surface area contributed by atoms with Gasteiger partial charge >= 0.3 is 0 Å². The molecule has 0 N–H and O–H groups in total. The van der Waals surface area contributed by atoms with Crippen molar-refractivity contribution < 1.29 is 9.53 Å². The summed E-state index contributed by atoms with van der Waals surface area (Å²) in [5.41, 5.74) is -0.0564. The summed E-state index contributed by atoms with van der Waals surface area (Å²) < 4.78 is 5.18. The van der Waals surface area contributed by atoms with Gasteiger partial charge in [-0.25, -0.2) is 0 Å². The molecule has 0 spiro atoms. The maximum Gasteiger partial charge on any atom is 0.160 e. The van der Waals surface area contributed by atoms with Crippen LogP contribution in [0.25, 0.3) is 0 Å². The minimum atomic E-state index is -0.0564. The van der Waals surface area contributed by atoms with E-state index in [-0.39, 0.29) is 5.54 Å². The van der Waals surface area contributed by atoms with Gasteiger partial charge in [0.1, 0.15) is 0 Å². The molecule has 62 valence electrons. The largest absolute Gasteiger partial charge is 0.381 e. The van der Waals surface area contributed by atoms with E-state index in [0.29, 0.717) is 0 Å². The Morgan fingerprint density at radius 3 is 2.64 bits per heavy atom. The van der Waals surface area contributed by atoms with Gasteiger partial charge in [-0.1, -0.05) is 0 Å². The first-order valence-electron chi connectivity index (χ1n) is 3.84. The van der Waals surface area contributed by atoms with Gasteiger partial charge in [0.05, 0.1) is 11.8 Å². The normalized spacial score (nSPS) is 23.7. The van der Waals surface area contributed by atoms with Gasteiger partial charge in [-0.15, -0.1) is 0 Å². The molecule has 11 heavy (non-hydrogen) atoms. The fourth-order valence-electron chi connectivity index (χ4n) is 1.15. The van der Waals surface area contributed by atoms with E-state index in [2.05, 4.69) is 11.9 Å². The van der Waals surface area contributed by atoms with Crippen molar-refractivity contribution in [3.63, 3.8) is 0 Å². The summed E-state index contributed by atoms with van der Waals surface area (Å²) in [5.74, 6) is 0. The monoisotopic (exact) mass is 155 g/mol. The van der Waals surface area contributed by atoms with Crippen molar-refractivity contribution in [1.29, 1.82) is 0 Å². The van der Waals surface area contributed by atoms with Crippen molar-refractivity contribution in [3.05, 3.63) is 0 Å². The summed E-state index contributed by atoms with van der Waals surface area (Å²) in [4.78, 5) is 14.2. The van der Waals surface area contributed by atoms with Crippen molar-refractivity contribution in [3.8, 4) is 0 Å². The molecule has 1 fully saturated rings. The molecular weight excluding hydrogens is 142 g/mol. The molecule has 1 rings (SSSR count). The molecule has 0 bridgehead atoms. The number of aldehydes is 1. The van der Waals surface area contributed by atoms with E-state index < -0.39 is 0 Å². The molecule has 0 radical (unpaired) electrons. The van der Waals surface area contributed by atoms with Gasteiger partial charge in [-0.3, -0.25) is 9.79 Å². The Morgan fingerprint density at radius 2 is 2.09 bits per heavy atom. The lowest BCUT2D eigenvalue weighted by atomic mass is 9.94. The van der Waals surface area contributed by atoms with Gasteiger partial charge in [0.25, 0.3) is 0 Å². The molecule has 1 heterocycles. The highest BCUT2D eigenvalue weighted by Crippen LogP contribution is 2.23. The van der Waals surface area contributed by atoms with E-state index in [9.17, 15) is 4.79 Å². The van der Waals surface area contributed by atoms with E-state index in [1.807, 2.05) is 0 Å². The van der Waals surface area contributed by atoms with Gasteiger partial charge < -0.3 is 4.74 Å². The van der Waals surface area contributed by atoms with E-state index >= 15 is 0 Å². The number of rotatable bonds is 2. The van der Waals surface area contributed by atoms with Crippen LogP contribution in [0.1, 0.15) is 19.8 Å². The van der Waals surface area contributed by atoms with Crippen molar-refractivity contribution in [2.45, 2.75) is 25.3 Å². The van der Waals surface area contributed by atoms with Crippen LogP contribution in [0.3, 0.4) is 0 Å². The van der Waals surface area contributed by atoms with Crippen LogP contribution in [0.5, 0.6) is 0 Å². The van der Waals surface area contributed by atoms with Crippen LogP contribution in [-0.4, -0.2) is 31.3 Å². The molecule has 0 amide bonds. The summed E-state index contributed by atoms with van der Waals surface area (Å²) in [6.45, 7) is 3.56. The standard InChI is InChI=1S/C8H13NO2/c1-8(9-4-5-10)2-6-11-7-3-8/h4-5H,2-3,6-7H2,1H3. The number of ether oxygens (including phenoxy) is 1. The number of carbonyl (C=O) groups excluding carboxylic acids is 1. The smallest absolute Gasteiger partial charge is 0.160 e. The first kappa shape index (κ1) is 8.40. The minimum Gasteiger partial charge on any atom is -0.381 e. The number of aliphatic imine (C=N–C) groups is 1. The third-order valence-corrected chi connectivity index (χ3v) is 2.02. The van der Waals surface area contributed by atoms with Crippen LogP contribution in [0.15, 0.2) is 4.99 Å². The number of nitrogens with zero attached hydrogens (tertiary/aromatic N) is 1. The average molecular weight is 155 g/mol. The Hall–Kier alpha value is -0.700. The molecule has 0 saturated carbocycles. The lowest BCUT2D eigenvalue weighted by Crippen LogP contribution is -2.31. The first-order valence-corrected chi connectivity index (χ1v) is 3.84. The zero-order valence-electron chi connectivity index (χ0n) is 6.75. The van der Waals surface area contributed by atoms with E-state index in [4.69, 9.17) is 4.74 Å². The van der Waals surface area contributed by atoms with Crippen molar-refractivity contribution >= 4 is 12.5 Å². The van der Waals surface area contributed by atoms with E-state index in [1.165, 1.54) is 6.21 Å². The fraction of sp³-hybridized carbons (Fsp3) is 0.750. The van der Waals surface area contributed by atoms with Crippen LogP contribution in [0.4, 0.5) is 0 Å². The highest BCUT2D eigenvalue weighted by molar-refractivity contribution is 6.13. The molecule has 1 aliphatic heterocycles. The third-order valence-electron chi connectivity index (χ3n) is 2.02. The molecular formula is C8H13NO2. The second-order valence-corrected chi connectivity index (χ2v) is 3.02. The highest BCUT2D eigenvalue weighted by Gasteiger charge is 2.25. The Kier molecular flexibility index (Phi) is 2.76. The van der Waals surface area contributed by atoms with Gasteiger partial charge in [0.15, 0.2) is 6.29 Å². The van der Waals surface area contributed by atoms with Crippen LogP contribution in [0, 0.1) is 0 Å². The third kappa shape index (κ3) is 2.42. The van der Waals surface area contributed by atoms with Crippen molar-refractivity contribution in [1.82, 2.24) is 0 Å². The van der Waals surface area contributed by atoms with E-state index in [1.54, 1.807) is 0 Å². The van der Waals surface area contributed by atoms with Crippen LogP contribution in [0.2, 0.25) is 0 Å². The minimum absolute atomic E-state index is 0.0564. The molecule has 3 heteroatoms. The molecule has 0 unspecified atom stereocenters. The Morgan fingerprint density at radius 1 is 1.45 bits per heavy atom. The Labute approximate surface area is 66.5 Å². The number of hydrogen-bond acceptors (Lipinski definition) is 3. The SMILES string of the molecule is CC1(N=CC=O)CCOCC1. The molecule has 1 aliphatic rings. The van der Waals surface area contributed by atoms with Crippen LogP contribution >= 0.6 is 0 Å². The summed E-state index contributed by atoms with van der Waals surface area (Å²) in [6, 6.07) is 0. The van der Waals surface area contributed by atoms with Crippen molar-refractivity contribution in [2.24, 2.45) is 4.99 Å². The predicted octanol–water partition coefficient (Wildman–Crippen LogP) is 0.825. The predicted molar refractivity (Wildman–Crippen MR) is 43.0 cm³/mol. The molecule has 1 saturated heterocycles. The summed E-state index contributed by atoms with van der Waals surface area (Å²) >= 11 is 0. The second-order valence-electron chi connectivity index (χ2n) is 3.02. The lowest BCUT2D eigenvalue weighted by Gasteiger charge is -2.29. The molecule has 3 nitrogen and oxygen atoms in total.